The Labute approximate surface area is 111 Å². The molecule has 0 saturated heterocycles. The normalized spacial score (nSPS) is 25.4. The molecule has 2 aliphatic carbocycles. The summed E-state index contributed by atoms with van der Waals surface area (Å²) < 4.78 is 0. The summed E-state index contributed by atoms with van der Waals surface area (Å²) in [5.74, 6) is 0. The van der Waals surface area contributed by atoms with Crippen molar-refractivity contribution in [2.45, 2.75) is 69.9 Å². The van der Waals surface area contributed by atoms with Crippen LogP contribution in [0.3, 0.4) is 0 Å². The molecular weight excluding hydrogens is 218 g/mol. The van der Waals surface area contributed by atoms with Crippen molar-refractivity contribution in [3.05, 3.63) is 35.4 Å². The molecule has 0 radical (unpaired) electrons. The van der Waals surface area contributed by atoms with E-state index in [1.54, 1.807) is 11.1 Å². The Bertz CT molecular complexity index is 377. The minimum atomic E-state index is 0.630. The van der Waals surface area contributed by atoms with Gasteiger partial charge >= 0.3 is 0 Å². The molecule has 98 valence electrons. The molecule has 0 bridgehead atoms. The second-order valence-electron chi connectivity index (χ2n) is 6.00. The van der Waals surface area contributed by atoms with Gasteiger partial charge in [-0.05, 0) is 36.8 Å². The first-order chi connectivity index (χ1) is 8.93. The van der Waals surface area contributed by atoms with Crippen LogP contribution < -0.4 is 5.32 Å². The molecule has 0 heterocycles. The Morgan fingerprint density at radius 1 is 0.833 bits per heavy atom. The highest BCUT2D eigenvalue weighted by Gasteiger charge is 2.24. The van der Waals surface area contributed by atoms with Crippen LogP contribution in [0, 0.1) is 0 Å². The van der Waals surface area contributed by atoms with E-state index in [2.05, 4.69) is 29.6 Å². The topological polar surface area (TPSA) is 12.0 Å². The largest absolute Gasteiger partial charge is 0.307 e. The molecule has 0 amide bonds. The van der Waals surface area contributed by atoms with E-state index in [1.165, 1.54) is 57.8 Å². The zero-order chi connectivity index (χ0) is 12.2. The van der Waals surface area contributed by atoms with Gasteiger partial charge in [0, 0.05) is 12.1 Å². The van der Waals surface area contributed by atoms with Crippen molar-refractivity contribution >= 4 is 0 Å². The number of hydrogen-bond acceptors (Lipinski definition) is 1. The van der Waals surface area contributed by atoms with Gasteiger partial charge in [-0.2, -0.15) is 0 Å². The van der Waals surface area contributed by atoms with Gasteiger partial charge in [-0.25, -0.2) is 0 Å². The first-order valence-corrected chi connectivity index (χ1v) is 7.77. The molecule has 1 nitrogen and oxygen atoms in total. The summed E-state index contributed by atoms with van der Waals surface area (Å²) >= 11 is 0. The van der Waals surface area contributed by atoms with Crippen LogP contribution in [0.5, 0.6) is 0 Å². The number of rotatable bonds is 2. The molecule has 3 rings (SSSR count). The number of fused-ring (bicyclic) bond motifs is 1. The van der Waals surface area contributed by atoms with Gasteiger partial charge in [0.1, 0.15) is 0 Å². The van der Waals surface area contributed by atoms with E-state index >= 15 is 0 Å². The quantitative estimate of drug-likeness (QED) is 0.813. The van der Waals surface area contributed by atoms with Gasteiger partial charge in [0.15, 0.2) is 0 Å². The van der Waals surface area contributed by atoms with Gasteiger partial charge < -0.3 is 5.32 Å². The Kier molecular flexibility index (Phi) is 3.99. The molecule has 0 spiro atoms. The standard InChI is InChI=1S/C17H25N/c1-2-4-9-15(10-5-3-1)18-17-13-12-14-8-6-7-11-16(14)17/h6-8,11,15,17-18H,1-5,9-10,12-13H2. The molecule has 18 heavy (non-hydrogen) atoms. The first kappa shape index (κ1) is 12.2. The molecule has 1 heteroatoms. The Morgan fingerprint density at radius 2 is 1.56 bits per heavy atom. The van der Waals surface area contributed by atoms with Crippen LogP contribution in [0.15, 0.2) is 24.3 Å². The monoisotopic (exact) mass is 243 g/mol. The van der Waals surface area contributed by atoms with Crippen LogP contribution in [0.1, 0.15) is 68.5 Å². The Morgan fingerprint density at radius 3 is 2.39 bits per heavy atom. The maximum atomic E-state index is 3.94. The predicted octanol–water partition coefficient (Wildman–Crippen LogP) is 4.38. The molecule has 1 unspecified atom stereocenters. The fraction of sp³-hybridized carbons (Fsp3) is 0.647. The smallest absolute Gasteiger partial charge is 0.0328 e. The molecule has 1 aromatic rings. The highest BCUT2D eigenvalue weighted by atomic mass is 15.0. The maximum absolute atomic E-state index is 3.94. The van der Waals surface area contributed by atoms with Crippen molar-refractivity contribution < 1.29 is 0 Å². The molecule has 1 N–H and O–H groups in total. The van der Waals surface area contributed by atoms with Crippen LogP contribution in [0.4, 0.5) is 0 Å². The third kappa shape index (κ3) is 2.77. The second kappa shape index (κ2) is 5.88. The van der Waals surface area contributed by atoms with E-state index in [1.807, 2.05) is 0 Å². The van der Waals surface area contributed by atoms with Gasteiger partial charge in [-0.3, -0.25) is 0 Å². The summed E-state index contributed by atoms with van der Waals surface area (Å²) in [5.41, 5.74) is 3.14. The summed E-state index contributed by atoms with van der Waals surface area (Å²) in [5, 5.41) is 3.94. The molecule has 1 saturated carbocycles. The van der Waals surface area contributed by atoms with Crippen LogP contribution in [-0.2, 0) is 6.42 Å². The molecule has 1 aromatic carbocycles. The number of hydrogen-bond donors (Lipinski definition) is 1. The zero-order valence-corrected chi connectivity index (χ0v) is 11.3. The van der Waals surface area contributed by atoms with Gasteiger partial charge in [0.2, 0.25) is 0 Å². The first-order valence-electron chi connectivity index (χ1n) is 7.77. The summed E-state index contributed by atoms with van der Waals surface area (Å²) in [6, 6.07) is 10.4. The predicted molar refractivity (Wildman–Crippen MR) is 76.7 cm³/mol. The lowest BCUT2D eigenvalue weighted by atomic mass is 9.95. The number of aryl methyl sites for hydroxylation is 1. The minimum Gasteiger partial charge on any atom is -0.307 e. The Balaban J connectivity index is 1.62. The van der Waals surface area contributed by atoms with Crippen molar-refractivity contribution in [2.24, 2.45) is 0 Å². The van der Waals surface area contributed by atoms with Crippen molar-refractivity contribution in [3.8, 4) is 0 Å². The average Bonchev–Trinajstić information content (AvgIpc) is 2.76. The summed E-state index contributed by atoms with van der Waals surface area (Å²) in [4.78, 5) is 0. The summed E-state index contributed by atoms with van der Waals surface area (Å²) in [6.07, 6.45) is 12.5. The van der Waals surface area contributed by atoms with Crippen LogP contribution in [-0.4, -0.2) is 6.04 Å². The average molecular weight is 243 g/mol. The van der Waals surface area contributed by atoms with Crippen LogP contribution in [0.25, 0.3) is 0 Å². The van der Waals surface area contributed by atoms with E-state index in [0.717, 1.165) is 6.04 Å². The lowest BCUT2D eigenvalue weighted by molar-refractivity contribution is 0.352. The van der Waals surface area contributed by atoms with Gasteiger partial charge in [0.05, 0.1) is 0 Å². The molecule has 0 aliphatic heterocycles. The van der Waals surface area contributed by atoms with E-state index in [-0.39, 0.29) is 0 Å². The zero-order valence-electron chi connectivity index (χ0n) is 11.3. The Hall–Kier alpha value is -0.820. The van der Waals surface area contributed by atoms with Crippen molar-refractivity contribution in [1.29, 1.82) is 0 Å². The number of nitrogens with one attached hydrogen (secondary N) is 1. The molecule has 0 aromatic heterocycles. The summed E-state index contributed by atoms with van der Waals surface area (Å²) in [7, 11) is 0. The summed E-state index contributed by atoms with van der Waals surface area (Å²) in [6.45, 7) is 0. The third-order valence-electron chi connectivity index (χ3n) is 4.67. The molecule has 2 aliphatic rings. The minimum absolute atomic E-state index is 0.630. The molecule has 1 atom stereocenters. The van der Waals surface area contributed by atoms with E-state index in [9.17, 15) is 0 Å². The second-order valence-corrected chi connectivity index (χ2v) is 6.00. The van der Waals surface area contributed by atoms with Gasteiger partial charge in [-0.1, -0.05) is 56.4 Å². The van der Waals surface area contributed by atoms with Crippen LogP contribution >= 0.6 is 0 Å². The van der Waals surface area contributed by atoms with Crippen LogP contribution in [0.2, 0.25) is 0 Å². The van der Waals surface area contributed by atoms with E-state index in [0.29, 0.717) is 6.04 Å². The maximum Gasteiger partial charge on any atom is 0.0328 e. The van der Waals surface area contributed by atoms with E-state index < -0.39 is 0 Å². The lowest BCUT2D eigenvalue weighted by Gasteiger charge is -2.25. The third-order valence-corrected chi connectivity index (χ3v) is 4.67. The SMILES string of the molecule is c1ccc2c(c1)CCC2NC1CCCCCCC1. The lowest BCUT2D eigenvalue weighted by Crippen LogP contribution is -2.32. The van der Waals surface area contributed by atoms with E-state index in [4.69, 9.17) is 0 Å². The van der Waals surface area contributed by atoms with Crippen molar-refractivity contribution in [3.63, 3.8) is 0 Å². The fourth-order valence-corrected chi connectivity index (χ4v) is 3.64. The highest BCUT2D eigenvalue weighted by Crippen LogP contribution is 2.32. The number of benzene rings is 1. The van der Waals surface area contributed by atoms with Crippen molar-refractivity contribution in [2.75, 3.05) is 0 Å². The molecule has 1 fully saturated rings. The van der Waals surface area contributed by atoms with Gasteiger partial charge in [-0.15, -0.1) is 0 Å². The van der Waals surface area contributed by atoms with Crippen molar-refractivity contribution in [1.82, 2.24) is 5.32 Å². The fourth-order valence-electron chi connectivity index (χ4n) is 3.64. The highest BCUT2D eigenvalue weighted by molar-refractivity contribution is 5.34. The molecular formula is C17H25N. The van der Waals surface area contributed by atoms with Gasteiger partial charge in [0.25, 0.3) is 0 Å².